The normalized spacial score (nSPS) is 10.0. The predicted molar refractivity (Wildman–Crippen MR) is 77.8 cm³/mol. The topological polar surface area (TPSA) is 69.6 Å². The van der Waals surface area contributed by atoms with Crippen LogP contribution in [0, 0.1) is 0 Å². The molecule has 0 aliphatic rings. The third-order valence-corrected chi connectivity index (χ3v) is 3.13. The number of anilines is 1. The van der Waals surface area contributed by atoms with Crippen molar-refractivity contribution >= 4 is 29.4 Å². The van der Waals surface area contributed by atoms with E-state index in [0.29, 0.717) is 17.8 Å². The molecule has 5 nitrogen and oxygen atoms in total. The van der Waals surface area contributed by atoms with Gasteiger partial charge in [0.1, 0.15) is 0 Å². The molecule has 0 heterocycles. The molecule has 6 heteroatoms. The fourth-order valence-corrected chi connectivity index (χ4v) is 1.89. The highest BCUT2D eigenvalue weighted by atomic mass is 32.2. The van der Waals surface area contributed by atoms with Gasteiger partial charge in [0, 0.05) is 25.0 Å². The van der Waals surface area contributed by atoms with Crippen molar-refractivity contribution in [2.24, 2.45) is 0 Å². The van der Waals surface area contributed by atoms with E-state index in [2.05, 4.69) is 5.32 Å². The fraction of sp³-hybridized carbons (Fsp3) is 0.385. The number of amides is 2. The molecule has 0 aliphatic carbocycles. The molecule has 0 aliphatic heterocycles. The van der Waals surface area contributed by atoms with Gasteiger partial charge in [-0.2, -0.15) is 11.8 Å². The number of hydrogen-bond donors (Lipinski definition) is 2. The summed E-state index contributed by atoms with van der Waals surface area (Å²) < 4.78 is 0. The molecule has 0 atom stereocenters. The first-order chi connectivity index (χ1) is 9.02. The first kappa shape index (κ1) is 15.4. The summed E-state index contributed by atoms with van der Waals surface area (Å²) >= 11 is 1.68. The number of urea groups is 1. The largest absolute Gasteiger partial charge is 0.481 e. The zero-order valence-electron chi connectivity index (χ0n) is 11.0. The summed E-state index contributed by atoms with van der Waals surface area (Å²) in [5.74, 6) is 0.0233. The first-order valence-electron chi connectivity index (χ1n) is 5.84. The average Bonchev–Trinajstić information content (AvgIpc) is 2.37. The van der Waals surface area contributed by atoms with Gasteiger partial charge in [0.15, 0.2) is 0 Å². The van der Waals surface area contributed by atoms with Gasteiger partial charge in [0.25, 0.3) is 0 Å². The maximum Gasteiger partial charge on any atom is 0.321 e. The summed E-state index contributed by atoms with van der Waals surface area (Å²) in [5.41, 5.74) is 1.37. The molecule has 19 heavy (non-hydrogen) atoms. The molecule has 1 aromatic rings. The van der Waals surface area contributed by atoms with Gasteiger partial charge < -0.3 is 15.3 Å². The van der Waals surface area contributed by atoms with Gasteiger partial charge >= 0.3 is 12.0 Å². The van der Waals surface area contributed by atoms with Gasteiger partial charge in [-0.3, -0.25) is 4.79 Å². The molecule has 0 saturated carbocycles. The molecule has 2 amide bonds. The van der Waals surface area contributed by atoms with Crippen LogP contribution in [0.25, 0.3) is 0 Å². The number of benzene rings is 1. The SMILES string of the molecule is CSCCN(C)C(=O)Nc1ccc(CC(=O)O)cc1. The maximum absolute atomic E-state index is 11.8. The quantitative estimate of drug-likeness (QED) is 0.838. The fourth-order valence-electron chi connectivity index (χ4n) is 1.43. The highest BCUT2D eigenvalue weighted by Gasteiger charge is 2.08. The minimum absolute atomic E-state index is 0.0121. The Hall–Kier alpha value is -1.69. The van der Waals surface area contributed by atoms with Crippen LogP contribution in [-0.2, 0) is 11.2 Å². The van der Waals surface area contributed by atoms with Crippen LogP contribution in [0.15, 0.2) is 24.3 Å². The summed E-state index contributed by atoms with van der Waals surface area (Å²) in [6.07, 6.45) is 1.98. The number of rotatable bonds is 6. The van der Waals surface area contributed by atoms with Crippen LogP contribution >= 0.6 is 11.8 Å². The zero-order chi connectivity index (χ0) is 14.3. The Morgan fingerprint density at radius 1 is 1.32 bits per heavy atom. The lowest BCUT2D eigenvalue weighted by atomic mass is 10.1. The van der Waals surface area contributed by atoms with Gasteiger partial charge in [0.2, 0.25) is 0 Å². The lowest BCUT2D eigenvalue weighted by molar-refractivity contribution is -0.136. The number of carboxylic acid groups (broad SMARTS) is 1. The lowest BCUT2D eigenvalue weighted by Crippen LogP contribution is -2.33. The van der Waals surface area contributed by atoms with Gasteiger partial charge in [0.05, 0.1) is 6.42 Å². The summed E-state index contributed by atoms with van der Waals surface area (Å²) in [6, 6.07) is 6.65. The van der Waals surface area contributed by atoms with E-state index >= 15 is 0 Å². The summed E-state index contributed by atoms with van der Waals surface area (Å²) in [5, 5.41) is 11.4. The molecule has 2 N–H and O–H groups in total. The van der Waals surface area contributed by atoms with Crippen LogP contribution in [0.2, 0.25) is 0 Å². The standard InChI is InChI=1S/C13H18N2O3S/c1-15(7-8-19-2)13(18)14-11-5-3-10(4-6-11)9-12(16)17/h3-6H,7-9H2,1-2H3,(H,14,18)(H,16,17). The molecular formula is C13H18N2O3S. The number of carboxylic acids is 1. The second kappa shape index (κ2) is 7.68. The highest BCUT2D eigenvalue weighted by Crippen LogP contribution is 2.11. The molecule has 0 spiro atoms. The Bertz CT molecular complexity index is 434. The van der Waals surface area contributed by atoms with Crippen molar-refractivity contribution in [2.75, 3.05) is 30.9 Å². The van der Waals surface area contributed by atoms with Crippen LogP contribution in [0.1, 0.15) is 5.56 Å². The second-order valence-electron chi connectivity index (χ2n) is 4.11. The van der Waals surface area contributed by atoms with Crippen molar-refractivity contribution in [2.45, 2.75) is 6.42 Å². The zero-order valence-corrected chi connectivity index (χ0v) is 11.9. The van der Waals surface area contributed by atoms with E-state index in [1.54, 1.807) is 48.0 Å². The minimum atomic E-state index is -0.867. The summed E-state index contributed by atoms with van der Waals surface area (Å²) in [7, 11) is 1.74. The molecule has 1 rings (SSSR count). The second-order valence-corrected chi connectivity index (χ2v) is 5.10. The number of carbonyl (C=O) groups excluding carboxylic acids is 1. The number of aliphatic carboxylic acids is 1. The third-order valence-electron chi connectivity index (χ3n) is 2.54. The van der Waals surface area contributed by atoms with E-state index in [-0.39, 0.29) is 12.5 Å². The smallest absolute Gasteiger partial charge is 0.321 e. The van der Waals surface area contributed by atoms with E-state index < -0.39 is 5.97 Å². The summed E-state index contributed by atoms with van der Waals surface area (Å²) in [6.45, 7) is 0.685. The van der Waals surface area contributed by atoms with E-state index in [4.69, 9.17) is 5.11 Å². The van der Waals surface area contributed by atoms with Crippen molar-refractivity contribution in [1.82, 2.24) is 4.90 Å². The highest BCUT2D eigenvalue weighted by molar-refractivity contribution is 7.98. The number of thioether (sulfide) groups is 1. The molecule has 104 valence electrons. The minimum Gasteiger partial charge on any atom is -0.481 e. The molecule has 0 radical (unpaired) electrons. The Balaban J connectivity index is 2.52. The van der Waals surface area contributed by atoms with E-state index in [0.717, 1.165) is 5.75 Å². The molecule has 0 fully saturated rings. The Labute approximate surface area is 117 Å². The van der Waals surface area contributed by atoms with Crippen LogP contribution in [-0.4, -0.2) is 47.6 Å². The summed E-state index contributed by atoms with van der Waals surface area (Å²) in [4.78, 5) is 23.9. The van der Waals surface area contributed by atoms with E-state index in [1.165, 1.54) is 0 Å². The van der Waals surface area contributed by atoms with Crippen molar-refractivity contribution < 1.29 is 14.7 Å². The van der Waals surface area contributed by atoms with Crippen molar-refractivity contribution in [3.8, 4) is 0 Å². The van der Waals surface area contributed by atoms with E-state index in [1.807, 2.05) is 6.26 Å². The Morgan fingerprint density at radius 3 is 2.47 bits per heavy atom. The monoisotopic (exact) mass is 282 g/mol. The van der Waals surface area contributed by atoms with Gasteiger partial charge in [-0.15, -0.1) is 0 Å². The first-order valence-corrected chi connectivity index (χ1v) is 7.24. The maximum atomic E-state index is 11.8. The number of carbonyl (C=O) groups is 2. The van der Waals surface area contributed by atoms with Gasteiger partial charge in [-0.05, 0) is 24.0 Å². The van der Waals surface area contributed by atoms with Crippen molar-refractivity contribution in [3.63, 3.8) is 0 Å². The number of nitrogens with one attached hydrogen (secondary N) is 1. The molecule has 0 unspecified atom stereocenters. The van der Waals surface area contributed by atoms with Gasteiger partial charge in [-0.1, -0.05) is 12.1 Å². The third kappa shape index (κ3) is 5.65. The van der Waals surface area contributed by atoms with Crippen molar-refractivity contribution in [1.29, 1.82) is 0 Å². The van der Waals surface area contributed by atoms with Gasteiger partial charge in [-0.25, -0.2) is 4.79 Å². The average molecular weight is 282 g/mol. The van der Waals surface area contributed by atoms with Crippen LogP contribution in [0.5, 0.6) is 0 Å². The van der Waals surface area contributed by atoms with Crippen LogP contribution in [0.3, 0.4) is 0 Å². The van der Waals surface area contributed by atoms with Crippen molar-refractivity contribution in [3.05, 3.63) is 29.8 Å². The van der Waals surface area contributed by atoms with Crippen LogP contribution in [0.4, 0.5) is 10.5 Å². The number of nitrogens with zero attached hydrogens (tertiary/aromatic N) is 1. The molecule has 0 saturated heterocycles. The number of hydrogen-bond acceptors (Lipinski definition) is 3. The molecular weight excluding hydrogens is 264 g/mol. The van der Waals surface area contributed by atoms with Crippen LogP contribution < -0.4 is 5.32 Å². The predicted octanol–water partition coefficient (Wildman–Crippen LogP) is 2.14. The van der Waals surface area contributed by atoms with E-state index in [9.17, 15) is 9.59 Å². The molecule has 0 bridgehead atoms. The molecule has 0 aromatic heterocycles. The Kier molecular flexibility index (Phi) is 6.21. The molecule has 1 aromatic carbocycles. The lowest BCUT2D eigenvalue weighted by Gasteiger charge is -2.17. The Morgan fingerprint density at radius 2 is 1.95 bits per heavy atom.